The van der Waals surface area contributed by atoms with Gasteiger partial charge < -0.3 is 0 Å². The number of allylic oxidation sites excluding steroid dienone is 1. The second kappa shape index (κ2) is 5.00. The SMILES string of the molecule is CCn1cc(/C=C/C(=O)c2ccnn2C)c(C)n1. The van der Waals surface area contributed by atoms with Crippen LogP contribution in [0.5, 0.6) is 0 Å². The number of carbonyl (C=O) groups is 1. The monoisotopic (exact) mass is 244 g/mol. The summed E-state index contributed by atoms with van der Waals surface area (Å²) < 4.78 is 3.42. The Morgan fingerprint density at radius 3 is 2.83 bits per heavy atom. The number of hydrogen-bond donors (Lipinski definition) is 0. The van der Waals surface area contributed by atoms with E-state index in [0.717, 1.165) is 17.8 Å². The maximum absolute atomic E-state index is 11.9. The molecule has 18 heavy (non-hydrogen) atoms. The van der Waals surface area contributed by atoms with Crippen LogP contribution < -0.4 is 0 Å². The van der Waals surface area contributed by atoms with Crippen LogP contribution in [0.3, 0.4) is 0 Å². The molecule has 0 fully saturated rings. The molecule has 2 heterocycles. The van der Waals surface area contributed by atoms with Gasteiger partial charge in [-0.1, -0.05) is 0 Å². The summed E-state index contributed by atoms with van der Waals surface area (Å²) in [7, 11) is 1.75. The molecule has 0 radical (unpaired) electrons. The molecule has 0 aromatic carbocycles. The molecular formula is C13H16N4O. The van der Waals surface area contributed by atoms with E-state index in [-0.39, 0.29) is 5.78 Å². The molecule has 0 saturated heterocycles. The second-order valence-electron chi connectivity index (χ2n) is 4.06. The Morgan fingerprint density at radius 2 is 2.28 bits per heavy atom. The maximum atomic E-state index is 11.9. The summed E-state index contributed by atoms with van der Waals surface area (Å²) in [6, 6.07) is 1.70. The van der Waals surface area contributed by atoms with Gasteiger partial charge in [0.25, 0.3) is 0 Å². The molecule has 2 aromatic heterocycles. The van der Waals surface area contributed by atoms with E-state index in [0.29, 0.717) is 5.69 Å². The number of ketones is 1. The van der Waals surface area contributed by atoms with Crippen molar-refractivity contribution in [3.63, 3.8) is 0 Å². The van der Waals surface area contributed by atoms with Crippen LogP contribution in [-0.2, 0) is 13.6 Å². The third-order valence-corrected chi connectivity index (χ3v) is 2.80. The second-order valence-corrected chi connectivity index (χ2v) is 4.06. The minimum atomic E-state index is -0.0568. The van der Waals surface area contributed by atoms with Gasteiger partial charge in [-0.3, -0.25) is 14.2 Å². The molecule has 5 nitrogen and oxygen atoms in total. The lowest BCUT2D eigenvalue weighted by Gasteiger charge is -1.95. The fraction of sp³-hybridized carbons (Fsp3) is 0.308. The minimum absolute atomic E-state index is 0.0568. The number of rotatable bonds is 4. The van der Waals surface area contributed by atoms with Crippen molar-refractivity contribution in [2.24, 2.45) is 7.05 Å². The summed E-state index contributed by atoms with van der Waals surface area (Å²) in [5.74, 6) is -0.0568. The summed E-state index contributed by atoms with van der Waals surface area (Å²) in [6.07, 6.45) is 6.90. The van der Waals surface area contributed by atoms with Crippen molar-refractivity contribution in [3.8, 4) is 0 Å². The van der Waals surface area contributed by atoms with Gasteiger partial charge >= 0.3 is 0 Å². The van der Waals surface area contributed by atoms with E-state index in [9.17, 15) is 4.79 Å². The first-order valence-electron chi connectivity index (χ1n) is 5.86. The van der Waals surface area contributed by atoms with Crippen LogP contribution in [-0.4, -0.2) is 25.3 Å². The first-order chi connectivity index (χ1) is 8.61. The molecule has 2 aromatic rings. The Bertz CT molecular complexity index is 592. The zero-order valence-electron chi connectivity index (χ0n) is 10.8. The smallest absolute Gasteiger partial charge is 0.203 e. The molecular weight excluding hydrogens is 228 g/mol. The van der Waals surface area contributed by atoms with Gasteiger partial charge in [0.05, 0.1) is 5.69 Å². The van der Waals surface area contributed by atoms with Crippen LogP contribution in [0.1, 0.15) is 28.7 Å². The molecule has 0 atom stereocenters. The van der Waals surface area contributed by atoms with Gasteiger partial charge in [0.15, 0.2) is 0 Å². The molecule has 0 spiro atoms. The predicted octanol–water partition coefficient (Wildman–Crippen LogP) is 1.84. The summed E-state index contributed by atoms with van der Waals surface area (Å²) in [6.45, 7) is 4.78. The van der Waals surface area contributed by atoms with Gasteiger partial charge in [0.1, 0.15) is 5.69 Å². The molecule has 0 N–H and O–H groups in total. The summed E-state index contributed by atoms with van der Waals surface area (Å²) in [4.78, 5) is 11.9. The van der Waals surface area contributed by atoms with Crippen LogP contribution in [0.2, 0.25) is 0 Å². The highest BCUT2D eigenvalue weighted by atomic mass is 16.1. The van der Waals surface area contributed by atoms with Crippen molar-refractivity contribution in [3.05, 3.63) is 41.5 Å². The van der Waals surface area contributed by atoms with Gasteiger partial charge in [-0.15, -0.1) is 0 Å². The Labute approximate surface area is 106 Å². The van der Waals surface area contributed by atoms with Gasteiger partial charge in [0.2, 0.25) is 5.78 Å². The first kappa shape index (κ1) is 12.3. The molecule has 2 rings (SSSR count). The number of aromatic nitrogens is 4. The van der Waals surface area contributed by atoms with Gasteiger partial charge in [0, 0.05) is 31.5 Å². The Hall–Kier alpha value is -2.17. The Morgan fingerprint density at radius 1 is 1.50 bits per heavy atom. The third-order valence-electron chi connectivity index (χ3n) is 2.80. The zero-order valence-corrected chi connectivity index (χ0v) is 10.8. The molecule has 0 aliphatic carbocycles. The van der Waals surface area contributed by atoms with E-state index >= 15 is 0 Å². The normalized spacial score (nSPS) is 11.3. The lowest BCUT2D eigenvalue weighted by molar-refractivity contribution is 0.103. The van der Waals surface area contributed by atoms with E-state index in [4.69, 9.17) is 0 Å². The molecule has 5 heteroatoms. The molecule has 0 aliphatic rings. The van der Waals surface area contributed by atoms with Gasteiger partial charge in [-0.2, -0.15) is 10.2 Å². The standard InChI is InChI=1S/C13H16N4O/c1-4-17-9-11(10(2)15-17)5-6-13(18)12-7-8-14-16(12)3/h5-9H,4H2,1-3H3/b6-5+. The summed E-state index contributed by atoms with van der Waals surface area (Å²) in [5, 5.41) is 8.30. The largest absolute Gasteiger partial charge is 0.288 e. The maximum Gasteiger partial charge on any atom is 0.203 e. The van der Waals surface area contributed by atoms with E-state index in [1.807, 2.05) is 24.7 Å². The fourth-order valence-electron chi connectivity index (χ4n) is 1.73. The Balaban J connectivity index is 2.18. The molecule has 0 aliphatic heterocycles. The molecule has 0 unspecified atom stereocenters. The van der Waals surface area contributed by atoms with Crippen LogP contribution in [0.25, 0.3) is 6.08 Å². The molecule has 0 bridgehead atoms. The molecule has 0 amide bonds. The fourth-order valence-corrected chi connectivity index (χ4v) is 1.73. The minimum Gasteiger partial charge on any atom is -0.288 e. The highest BCUT2D eigenvalue weighted by molar-refractivity contribution is 6.05. The number of hydrogen-bond acceptors (Lipinski definition) is 3. The highest BCUT2D eigenvalue weighted by Crippen LogP contribution is 2.09. The highest BCUT2D eigenvalue weighted by Gasteiger charge is 2.07. The van der Waals surface area contributed by atoms with Crippen LogP contribution in [0, 0.1) is 6.92 Å². The summed E-state index contributed by atoms with van der Waals surface area (Å²) >= 11 is 0. The lowest BCUT2D eigenvalue weighted by Crippen LogP contribution is -2.03. The van der Waals surface area contributed by atoms with Crippen molar-refractivity contribution in [1.82, 2.24) is 19.6 Å². The van der Waals surface area contributed by atoms with Crippen LogP contribution in [0.15, 0.2) is 24.5 Å². The Kier molecular flexibility index (Phi) is 3.41. The van der Waals surface area contributed by atoms with Crippen LogP contribution >= 0.6 is 0 Å². The summed E-state index contributed by atoms with van der Waals surface area (Å²) in [5.41, 5.74) is 2.46. The number of aryl methyl sites for hydroxylation is 3. The van der Waals surface area contributed by atoms with Crippen molar-refractivity contribution in [2.45, 2.75) is 20.4 Å². The number of carbonyl (C=O) groups excluding carboxylic acids is 1. The topological polar surface area (TPSA) is 52.7 Å². The average Bonchev–Trinajstić information content (AvgIpc) is 2.92. The van der Waals surface area contributed by atoms with E-state index in [1.165, 1.54) is 0 Å². The van der Waals surface area contributed by atoms with Gasteiger partial charge in [-0.25, -0.2) is 0 Å². The predicted molar refractivity (Wildman–Crippen MR) is 69.2 cm³/mol. The first-order valence-corrected chi connectivity index (χ1v) is 5.86. The van der Waals surface area contributed by atoms with E-state index in [2.05, 4.69) is 10.2 Å². The quantitative estimate of drug-likeness (QED) is 0.609. The average molecular weight is 244 g/mol. The van der Waals surface area contributed by atoms with Crippen molar-refractivity contribution in [1.29, 1.82) is 0 Å². The van der Waals surface area contributed by atoms with Crippen molar-refractivity contribution < 1.29 is 4.79 Å². The number of nitrogens with zero attached hydrogens (tertiary/aromatic N) is 4. The van der Waals surface area contributed by atoms with Gasteiger partial charge in [-0.05, 0) is 32.1 Å². The molecule has 0 saturated carbocycles. The van der Waals surface area contributed by atoms with E-state index in [1.54, 1.807) is 36.1 Å². The lowest BCUT2D eigenvalue weighted by atomic mass is 10.2. The van der Waals surface area contributed by atoms with Crippen molar-refractivity contribution >= 4 is 11.9 Å². The zero-order chi connectivity index (χ0) is 13.1. The third kappa shape index (κ3) is 2.40. The van der Waals surface area contributed by atoms with Crippen molar-refractivity contribution in [2.75, 3.05) is 0 Å². The molecule has 94 valence electrons. The van der Waals surface area contributed by atoms with Crippen LogP contribution in [0.4, 0.5) is 0 Å². The van der Waals surface area contributed by atoms with E-state index < -0.39 is 0 Å².